The smallest absolute Gasteiger partial charge is 0.238 e. The zero-order chi connectivity index (χ0) is 10.9. The van der Waals surface area contributed by atoms with Crippen LogP contribution in [0.4, 0.5) is 0 Å². The molecular weight excluding hydrogens is 202 g/mol. The molecule has 0 aliphatic heterocycles. The Labute approximate surface area is 82.8 Å². The van der Waals surface area contributed by atoms with Gasteiger partial charge >= 0.3 is 0 Å². The quantitative estimate of drug-likeness (QED) is 0.737. The molecule has 0 bridgehead atoms. The first-order valence-electron chi connectivity index (χ1n) is 3.95. The highest BCUT2D eigenvalue weighted by atomic mass is 32.2. The van der Waals surface area contributed by atoms with Crippen LogP contribution in [0, 0.1) is 13.8 Å². The summed E-state index contributed by atoms with van der Waals surface area (Å²) in [5.74, 6) is 0. The summed E-state index contributed by atoms with van der Waals surface area (Å²) < 4.78 is 22.3. The number of carbonyl (C=O) groups excluding carboxylic acids is 1. The van der Waals surface area contributed by atoms with Crippen LogP contribution in [0.3, 0.4) is 0 Å². The molecule has 0 amide bonds. The van der Waals surface area contributed by atoms with E-state index in [1.807, 2.05) is 0 Å². The maximum atomic E-state index is 11.1. The van der Waals surface area contributed by atoms with Gasteiger partial charge in [0, 0.05) is 5.56 Å². The van der Waals surface area contributed by atoms with Crippen molar-refractivity contribution >= 4 is 16.3 Å². The van der Waals surface area contributed by atoms with Gasteiger partial charge in [0.1, 0.15) is 6.29 Å². The van der Waals surface area contributed by atoms with Crippen LogP contribution in [0.25, 0.3) is 0 Å². The highest BCUT2D eigenvalue weighted by Gasteiger charge is 2.13. The number of hydrogen-bond donors (Lipinski definition) is 1. The summed E-state index contributed by atoms with van der Waals surface area (Å²) in [6.45, 7) is 3.39. The molecule has 1 aromatic carbocycles. The number of aryl methyl sites for hydroxylation is 1. The Morgan fingerprint density at radius 2 is 1.86 bits per heavy atom. The Balaban J connectivity index is 3.58. The molecule has 0 spiro atoms. The Kier molecular flexibility index (Phi) is 2.73. The Morgan fingerprint density at radius 3 is 2.29 bits per heavy atom. The molecule has 0 heterocycles. The van der Waals surface area contributed by atoms with Gasteiger partial charge in [0.05, 0.1) is 4.90 Å². The van der Waals surface area contributed by atoms with E-state index in [2.05, 4.69) is 0 Å². The van der Waals surface area contributed by atoms with Crippen LogP contribution in [-0.2, 0) is 10.0 Å². The maximum absolute atomic E-state index is 11.1. The third-order valence-electron chi connectivity index (χ3n) is 2.08. The molecule has 0 aromatic heterocycles. The van der Waals surface area contributed by atoms with Gasteiger partial charge in [-0.05, 0) is 37.1 Å². The second-order valence-corrected chi connectivity index (χ2v) is 4.65. The molecule has 5 heteroatoms. The van der Waals surface area contributed by atoms with E-state index >= 15 is 0 Å². The van der Waals surface area contributed by atoms with E-state index in [4.69, 9.17) is 5.14 Å². The van der Waals surface area contributed by atoms with Crippen molar-refractivity contribution in [2.45, 2.75) is 18.7 Å². The van der Waals surface area contributed by atoms with Crippen molar-refractivity contribution < 1.29 is 13.2 Å². The molecule has 0 saturated carbocycles. The van der Waals surface area contributed by atoms with Crippen molar-refractivity contribution in [1.82, 2.24) is 0 Å². The number of rotatable bonds is 2. The summed E-state index contributed by atoms with van der Waals surface area (Å²) in [7, 11) is -3.75. The van der Waals surface area contributed by atoms with Gasteiger partial charge in [-0.2, -0.15) is 0 Å². The van der Waals surface area contributed by atoms with Crippen LogP contribution in [0.1, 0.15) is 21.5 Å². The molecule has 4 nitrogen and oxygen atoms in total. The Hall–Kier alpha value is -1.20. The van der Waals surface area contributed by atoms with E-state index in [0.717, 1.165) is 5.56 Å². The summed E-state index contributed by atoms with van der Waals surface area (Å²) in [6.07, 6.45) is 0.598. The minimum atomic E-state index is -3.75. The van der Waals surface area contributed by atoms with E-state index < -0.39 is 10.0 Å². The van der Waals surface area contributed by atoms with Crippen LogP contribution < -0.4 is 5.14 Å². The molecule has 1 rings (SSSR count). The third-order valence-corrected chi connectivity index (χ3v) is 3.12. The number of nitrogens with two attached hydrogens (primary N) is 1. The first-order chi connectivity index (χ1) is 6.36. The molecule has 0 unspecified atom stereocenters. The monoisotopic (exact) mass is 213 g/mol. The molecule has 0 radical (unpaired) electrons. The first kappa shape index (κ1) is 10.9. The van der Waals surface area contributed by atoms with Crippen molar-refractivity contribution in [3.05, 3.63) is 28.8 Å². The van der Waals surface area contributed by atoms with Crippen LogP contribution in [0.2, 0.25) is 0 Å². The standard InChI is InChI=1S/C9H11NO3S/c1-6-3-8(5-11)4-9(7(6)2)14(10,12)13/h3-5H,1-2H3,(H2,10,12,13). The van der Waals surface area contributed by atoms with E-state index in [-0.39, 0.29) is 4.90 Å². The van der Waals surface area contributed by atoms with Gasteiger partial charge in [-0.15, -0.1) is 0 Å². The number of aldehydes is 1. The van der Waals surface area contributed by atoms with Crippen LogP contribution in [0.15, 0.2) is 17.0 Å². The van der Waals surface area contributed by atoms with Crippen LogP contribution in [-0.4, -0.2) is 14.7 Å². The molecule has 0 aliphatic carbocycles. The highest BCUT2D eigenvalue weighted by molar-refractivity contribution is 7.89. The second kappa shape index (κ2) is 3.51. The predicted molar refractivity (Wildman–Crippen MR) is 52.7 cm³/mol. The summed E-state index contributed by atoms with van der Waals surface area (Å²) in [6, 6.07) is 2.90. The topological polar surface area (TPSA) is 77.2 Å². The normalized spacial score (nSPS) is 11.4. The average molecular weight is 213 g/mol. The van der Waals surface area contributed by atoms with Gasteiger partial charge in [0.15, 0.2) is 0 Å². The zero-order valence-electron chi connectivity index (χ0n) is 7.94. The number of benzene rings is 1. The fourth-order valence-corrected chi connectivity index (χ4v) is 2.11. The molecule has 0 saturated heterocycles. The Morgan fingerprint density at radius 1 is 1.29 bits per heavy atom. The molecule has 0 aliphatic rings. The van der Waals surface area contributed by atoms with Gasteiger partial charge in [-0.3, -0.25) is 4.79 Å². The van der Waals surface area contributed by atoms with Gasteiger partial charge in [0.2, 0.25) is 10.0 Å². The maximum Gasteiger partial charge on any atom is 0.238 e. The van der Waals surface area contributed by atoms with Crippen molar-refractivity contribution in [2.75, 3.05) is 0 Å². The lowest BCUT2D eigenvalue weighted by Gasteiger charge is -2.07. The molecule has 14 heavy (non-hydrogen) atoms. The van der Waals surface area contributed by atoms with Gasteiger partial charge in [-0.1, -0.05) is 0 Å². The average Bonchev–Trinajstić information content (AvgIpc) is 2.07. The summed E-state index contributed by atoms with van der Waals surface area (Å²) in [5.41, 5.74) is 1.63. The largest absolute Gasteiger partial charge is 0.298 e. The molecule has 76 valence electrons. The fourth-order valence-electron chi connectivity index (χ4n) is 1.22. The van der Waals surface area contributed by atoms with Gasteiger partial charge in [-0.25, -0.2) is 13.6 Å². The molecule has 2 N–H and O–H groups in total. The van der Waals surface area contributed by atoms with Crippen molar-refractivity contribution in [1.29, 1.82) is 0 Å². The summed E-state index contributed by atoms with van der Waals surface area (Å²) >= 11 is 0. The lowest BCUT2D eigenvalue weighted by Crippen LogP contribution is -2.14. The summed E-state index contributed by atoms with van der Waals surface area (Å²) in [5, 5.41) is 5.01. The predicted octanol–water partition coefficient (Wildman–Crippen LogP) is 0.763. The third kappa shape index (κ3) is 2.00. The fraction of sp³-hybridized carbons (Fsp3) is 0.222. The van der Waals surface area contributed by atoms with E-state index in [1.165, 1.54) is 6.07 Å². The SMILES string of the molecule is Cc1cc(C=O)cc(S(N)(=O)=O)c1C. The number of carbonyl (C=O) groups is 1. The summed E-state index contributed by atoms with van der Waals surface area (Å²) in [4.78, 5) is 10.5. The van der Waals surface area contributed by atoms with Gasteiger partial charge in [0.25, 0.3) is 0 Å². The Bertz CT molecular complexity index is 477. The molecule has 0 atom stereocenters. The highest BCUT2D eigenvalue weighted by Crippen LogP contribution is 2.18. The lowest BCUT2D eigenvalue weighted by atomic mass is 10.1. The van der Waals surface area contributed by atoms with Crippen molar-refractivity contribution in [3.63, 3.8) is 0 Å². The lowest BCUT2D eigenvalue weighted by molar-refractivity contribution is 0.112. The van der Waals surface area contributed by atoms with Crippen molar-refractivity contribution in [2.24, 2.45) is 5.14 Å². The number of sulfonamides is 1. The molecule has 1 aromatic rings. The second-order valence-electron chi connectivity index (χ2n) is 3.12. The minimum absolute atomic E-state index is 0.0135. The van der Waals surface area contributed by atoms with Gasteiger partial charge < -0.3 is 0 Å². The van der Waals surface area contributed by atoms with Crippen LogP contribution >= 0.6 is 0 Å². The van der Waals surface area contributed by atoms with E-state index in [1.54, 1.807) is 19.9 Å². The minimum Gasteiger partial charge on any atom is -0.298 e. The molecule has 0 fully saturated rings. The number of primary sulfonamides is 1. The number of hydrogen-bond acceptors (Lipinski definition) is 3. The van der Waals surface area contributed by atoms with Crippen molar-refractivity contribution in [3.8, 4) is 0 Å². The zero-order valence-corrected chi connectivity index (χ0v) is 8.76. The van der Waals surface area contributed by atoms with E-state index in [0.29, 0.717) is 17.4 Å². The molecular formula is C9H11NO3S. The van der Waals surface area contributed by atoms with E-state index in [9.17, 15) is 13.2 Å². The first-order valence-corrected chi connectivity index (χ1v) is 5.50. The van der Waals surface area contributed by atoms with Crippen LogP contribution in [0.5, 0.6) is 0 Å².